The van der Waals surface area contributed by atoms with E-state index >= 15 is 0 Å². The molecule has 1 amide bonds. The van der Waals surface area contributed by atoms with E-state index in [9.17, 15) is 13.2 Å². The molecule has 0 saturated heterocycles. The Bertz CT molecular complexity index is 1130. The van der Waals surface area contributed by atoms with Gasteiger partial charge < -0.3 is 4.74 Å². The molecule has 0 radical (unpaired) electrons. The molecule has 1 aromatic heterocycles. The maximum Gasteiger partial charge on any atom is 0.257 e. The van der Waals surface area contributed by atoms with Crippen LogP contribution in [0, 0.1) is 0 Å². The number of sulfonamides is 1. The molecule has 0 bridgehead atoms. The normalized spacial score (nSPS) is 11.3. The van der Waals surface area contributed by atoms with Crippen molar-refractivity contribution in [1.82, 2.24) is 14.9 Å². The van der Waals surface area contributed by atoms with Crippen LogP contribution >= 0.6 is 11.3 Å². The second-order valence-electron chi connectivity index (χ2n) is 6.76. The molecular formula is C21H24N4O4S2. The number of methoxy groups -OCH3 is 1. The zero-order valence-corrected chi connectivity index (χ0v) is 18.9. The van der Waals surface area contributed by atoms with Crippen LogP contribution in [0.4, 0.5) is 5.13 Å². The number of nitrogens with zero attached hydrogens (tertiary/aromatic N) is 2. The van der Waals surface area contributed by atoms with Gasteiger partial charge >= 0.3 is 0 Å². The Hall–Kier alpha value is -2.82. The molecule has 8 nitrogen and oxygen atoms in total. The molecule has 0 aliphatic rings. The molecule has 3 rings (SSSR count). The zero-order chi connectivity index (χ0) is 22.3. The molecule has 1 heterocycles. The number of rotatable bonds is 10. The smallest absolute Gasteiger partial charge is 0.257 e. The molecule has 2 aromatic carbocycles. The van der Waals surface area contributed by atoms with Crippen LogP contribution < -0.4 is 14.8 Å². The van der Waals surface area contributed by atoms with E-state index in [1.54, 1.807) is 19.2 Å². The number of hydrogen-bond acceptors (Lipinski definition) is 7. The van der Waals surface area contributed by atoms with Gasteiger partial charge in [0.15, 0.2) is 0 Å². The highest BCUT2D eigenvalue weighted by molar-refractivity contribution is 7.89. The molecule has 0 aliphatic carbocycles. The Labute approximate surface area is 185 Å². The van der Waals surface area contributed by atoms with E-state index < -0.39 is 15.9 Å². The zero-order valence-electron chi connectivity index (χ0n) is 17.3. The summed E-state index contributed by atoms with van der Waals surface area (Å²) in [6, 6.07) is 13.5. The van der Waals surface area contributed by atoms with Crippen molar-refractivity contribution >= 4 is 32.4 Å². The third-order valence-corrected chi connectivity index (χ3v) is 6.73. The lowest BCUT2D eigenvalue weighted by Crippen LogP contribution is -2.25. The van der Waals surface area contributed by atoms with Crippen LogP contribution in [0.2, 0.25) is 0 Å². The van der Waals surface area contributed by atoms with Gasteiger partial charge in [-0.15, -0.1) is 10.2 Å². The molecule has 3 aromatic rings. The number of ether oxygens (including phenoxy) is 1. The van der Waals surface area contributed by atoms with Gasteiger partial charge in [-0.1, -0.05) is 42.9 Å². The standard InChI is InChI=1S/C21H24N4O4S2/c1-3-4-12-22-31(27,28)18-7-5-6-16(14-18)20(26)23-21-25-24-19(30-21)13-15-8-10-17(29-2)11-9-15/h5-11,14,22H,3-4,12-13H2,1-2H3,(H,23,25,26). The average molecular weight is 461 g/mol. The highest BCUT2D eigenvalue weighted by Gasteiger charge is 2.17. The summed E-state index contributed by atoms with van der Waals surface area (Å²) in [7, 11) is -2.05. The van der Waals surface area contributed by atoms with Gasteiger partial charge in [-0.3, -0.25) is 10.1 Å². The largest absolute Gasteiger partial charge is 0.497 e. The van der Waals surface area contributed by atoms with Gasteiger partial charge in [0.2, 0.25) is 15.2 Å². The summed E-state index contributed by atoms with van der Waals surface area (Å²) in [6.07, 6.45) is 2.21. The fourth-order valence-electron chi connectivity index (χ4n) is 2.73. The van der Waals surface area contributed by atoms with Crippen molar-refractivity contribution in [3.05, 3.63) is 64.7 Å². The van der Waals surface area contributed by atoms with E-state index in [2.05, 4.69) is 20.2 Å². The van der Waals surface area contributed by atoms with E-state index in [1.807, 2.05) is 31.2 Å². The molecule has 0 saturated carbocycles. The number of benzene rings is 2. The predicted octanol–water partition coefficient (Wildman–Crippen LogP) is 3.47. The Morgan fingerprint density at radius 1 is 1.13 bits per heavy atom. The molecular weight excluding hydrogens is 436 g/mol. The third-order valence-electron chi connectivity index (χ3n) is 4.43. The van der Waals surface area contributed by atoms with Gasteiger partial charge in [-0.2, -0.15) is 0 Å². The van der Waals surface area contributed by atoms with Gasteiger partial charge in [-0.25, -0.2) is 13.1 Å². The molecule has 0 fully saturated rings. The first-order valence-electron chi connectivity index (χ1n) is 9.77. The summed E-state index contributed by atoms with van der Waals surface area (Å²) in [5.41, 5.74) is 1.27. The molecule has 0 atom stereocenters. The van der Waals surface area contributed by atoms with Crippen molar-refractivity contribution in [1.29, 1.82) is 0 Å². The molecule has 31 heavy (non-hydrogen) atoms. The predicted molar refractivity (Wildman–Crippen MR) is 120 cm³/mol. The quantitative estimate of drug-likeness (QED) is 0.448. The molecule has 10 heteroatoms. The fourth-order valence-corrected chi connectivity index (χ4v) is 4.62. The van der Waals surface area contributed by atoms with Crippen LogP contribution in [0.3, 0.4) is 0 Å². The monoisotopic (exact) mass is 460 g/mol. The first-order valence-corrected chi connectivity index (χ1v) is 12.1. The summed E-state index contributed by atoms with van der Waals surface area (Å²) < 4.78 is 32.5. The Kier molecular flexibility index (Phi) is 7.72. The van der Waals surface area contributed by atoms with Crippen molar-refractivity contribution in [3.63, 3.8) is 0 Å². The Balaban J connectivity index is 1.65. The van der Waals surface area contributed by atoms with E-state index in [1.165, 1.54) is 23.5 Å². The maximum atomic E-state index is 12.6. The number of anilines is 1. The van der Waals surface area contributed by atoms with Gasteiger partial charge in [0.05, 0.1) is 12.0 Å². The summed E-state index contributed by atoms with van der Waals surface area (Å²) >= 11 is 1.27. The van der Waals surface area contributed by atoms with Crippen LogP contribution in [0.1, 0.15) is 40.7 Å². The number of unbranched alkanes of at least 4 members (excludes halogenated alkanes) is 1. The minimum Gasteiger partial charge on any atom is -0.497 e. The first-order chi connectivity index (χ1) is 14.9. The van der Waals surface area contributed by atoms with Gasteiger partial charge in [0, 0.05) is 18.5 Å². The van der Waals surface area contributed by atoms with Crippen LogP contribution in [0.15, 0.2) is 53.4 Å². The second kappa shape index (κ2) is 10.5. The number of carbonyl (C=O) groups excluding carboxylic acids is 1. The van der Waals surface area contributed by atoms with E-state index in [4.69, 9.17) is 4.74 Å². The van der Waals surface area contributed by atoms with Crippen molar-refractivity contribution in [2.45, 2.75) is 31.1 Å². The highest BCUT2D eigenvalue weighted by Crippen LogP contribution is 2.21. The van der Waals surface area contributed by atoms with Crippen molar-refractivity contribution in [3.8, 4) is 5.75 Å². The third kappa shape index (κ3) is 6.33. The van der Waals surface area contributed by atoms with Crippen LogP contribution in [0.5, 0.6) is 5.75 Å². The minimum absolute atomic E-state index is 0.0497. The number of hydrogen-bond donors (Lipinski definition) is 2. The highest BCUT2D eigenvalue weighted by atomic mass is 32.2. The van der Waals surface area contributed by atoms with E-state index in [-0.39, 0.29) is 10.5 Å². The van der Waals surface area contributed by atoms with Crippen molar-refractivity contribution in [2.24, 2.45) is 0 Å². The number of nitrogens with one attached hydrogen (secondary N) is 2. The Morgan fingerprint density at radius 3 is 2.61 bits per heavy atom. The van der Waals surface area contributed by atoms with Crippen LogP contribution in [-0.2, 0) is 16.4 Å². The van der Waals surface area contributed by atoms with Crippen LogP contribution in [0.25, 0.3) is 0 Å². The van der Waals surface area contributed by atoms with E-state index in [0.717, 1.165) is 29.2 Å². The molecule has 0 spiro atoms. The van der Waals surface area contributed by atoms with E-state index in [0.29, 0.717) is 18.1 Å². The SMILES string of the molecule is CCCCNS(=O)(=O)c1cccc(C(=O)Nc2nnc(Cc3ccc(OC)cc3)s2)c1. The molecule has 0 aliphatic heterocycles. The summed E-state index contributed by atoms with van der Waals surface area (Å²) in [5.74, 6) is 0.330. The lowest BCUT2D eigenvalue weighted by molar-refractivity contribution is 0.102. The lowest BCUT2D eigenvalue weighted by Gasteiger charge is -2.08. The number of aromatic nitrogens is 2. The lowest BCUT2D eigenvalue weighted by atomic mass is 10.1. The summed E-state index contributed by atoms with van der Waals surface area (Å²) in [6.45, 7) is 2.34. The Morgan fingerprint density at radius 2 is 1.90 bits per heavy atom. The van der Waals surface area contributed by atoms with Gasteiger partial charge in [0.25, 0.3) is 5.91 Å². The second-order valence-corrected chi connectivity index (χ2v) is 9.59. The number of amides is 1. The topological polar surface area (TPSA) is 110 Å². The first kappa shape index (κ1) is 22.9. The molecule has 164 valence electrons. The molecule has 2 N–H and O–H groups in total. The minimum atomic E-state index is -3.66. The average Bonchev–Trinajstić information content (AvgIpc) is 3.21. The van der Waals surface area contributed by atoms with Crippen LogP contribution in [-0.4, -0.2) is 38.2 Å². The fraction of sp³-hybridized carbons (Fsp3) is 0.286. The van der Waals surface area contributed by atoms with Crippen molar-refractivity contribution < 1.29 is 17.9 Å². The van der Waals surface area contributed by atoms with Gasteiger partial charge in [0.1, 0.15) is 10.8 Å². The van der Waals surface area contributed by atoms with Crippen molar-refractivity contribution in [2.75, 3.05) is 19.0 Å². The summed E-state index contributed by atoms with van der Waals surface area (Å²) in [5, 5.41) is 11.9. The maximum absolute atomic E-state index is 12.6. The summed E-state index contributed by atoms with van der Waals surface area (Å²) in [4.78, 5) is 12.6. The van der Waals surface area contributed by atoms with Gasteiger partial charge in [-0.05, 0) is 42.3 Å². The molecule has 0 unspecified atom stereocenters. The number of carbonyl (C=O) groups is 1.